The van der Waals surface area contributed by atoms with Crippen LogP contribution >= 0.6 is 0 Å². The summed E-state index contributed by atoms with van der Waals surface area (Å²) in [6, 6.07) is 14.2. The molecule has 0 aliphatic heterocycles. The molecule has 0 aromatic heterocycles. The minimum atomic E-state index is -4.43. The molecule has 1 atom stereocenters. The summed E-state index contributed by atoms with van der Waals surface area (Å²) in [5.74, 6) is 0. The smallest absolute Gasteiger partial charge is 0.316 e. The van der Waals surface area contributed by atoms with Crippen molar-refractivity contribution in [2.75, 3.05) is 0 Å². The van der Waals surface area contributed by atoms with E-state index >= 15 is 0 Å². The van der Waals surface area contributed by atoms with Crippen LogP contribution in [0, 0.1) is 0 Å². The number of hydrogen-bond donors (Lipinski definition) is 1. The first-order chi connectivity index (χ1) is 9.47. The number of fused-ring (bicyclic) bond motifs is 3. The molecule has 0 radical (unpaired) electrons. The second-order valence-corrected chi connectivity index (χ2v) is 4.79. The Balaban J connectivity index is 2.20. The van der Waals surface area contributed by atoms with Crippen molar-refractivity contribution in [2.45, 2.75) is 12.2 Å². The van der Waals surface area contributed by atoms with E-state index < -0.39 is 12.2 Å². The molecule has 0 unspecified atom stereocenters. The first-order valence-corrected chi connectivity index (χ1v) is 6.20. The Kier molecular flexibility index (Phi) is 2.91. The SMILES string of the molecule is N[C@@H](c1ccc2c(ccc3ccccc32)c1)C(F)(F)F. The van der Waals surface area contributed by atoms with E-state index in [1.54, 1.807) is 6.07 Å². The highest BCUT2D eigenvalue weighted by atomic mass is 19.4. The molecule has 3 aromatic rings. The van der Waals surface area contributed by atoms with E-state index in [-0.39, 0.29) is 5.56 Å². The summed E-state index contributed by atoms with van der Waals surface area (Å²) in [5.41, 5.74) is 5.33. The molecule has 1 nitrogen and oxygen atoms in total. The van der Waals surface area contributed by atoms with Crippen molar-refractivity contribution in [3.63, 3.8) is 0 Å². The summed E-state index contributed by atoms with van der Waals surface area (Å²) in [5, 5.41) is 3.78. The number of benzene rings is 3. The number of rotatable bonds is 1. The fourth-order valence-electron chi connectivity index (χ4n) is 2.41. The zero-order valence-electron chi connectivity index (χ0n) is 10.5. The molecule has 0 bridgehead atoms. The van der Waals surface area contributed by atoms with Crippen molar-refractivity contribution in [1.29, 1.82) is 0 Å². The van der Waals surface area contributed by atoms with Gasteiger partial charge in [-0.05, 0) is 33.2 Å². The van der Waals surface area contributed by atoms with E-state index in [0.29, 0.717) is 0 Å². The minimum absolute atomic E-state index is 0.0836. The minimum Gasteiger partial charge on any atom is -0.316 e. The Hall–Kier alpha value is -2.07. The van der Waals surface area contributed by atoms with Crippen LogP contribution in [0.5, 0.6) is 0 Å². The molecule has 0 aliphatic carbocycles. The van der Waals surface area contributed by atoms with Gasteiger partial charge in [-0.3, -0.25) is 0 Å². The molecule has 0 fully saturated rings. The van der Waals surface area contributed by atoms with Crippen molar-refractivity contribution in [1.82, 2.24) is 0 Å². The molecule has 20 heavy (non-hydrogen) atoms. The van der Waals surface area contributed by atoms with Gasteiger partial charge < -0.3 is 5.73 Å². The molecule has 0 aliphatic rings. The predicted molar refractivity (Wildman–Crippen MR) is 74.4 cm³/mol. The van der Waals surface area contributed by atoms with Crippen LogP contribution in [0.1, 0.15) is 11.6 Å². The van der Waals surface area contributed by atoms with Crippen molar-refractivity contribution in [3.05, 3.63) is 60.2 Å². The second-order valence-electron chi connectivity index (χ2n) is 4.79. The molecule has 2 N–H and O–H groups in total. The first kappa shape index (κ1) is 12.9. The molecule has 0 amide bonds. The maximum atomic E-state index is 12.7. The third kappa shape index (κ3) is 2.12. The summed E-state index contributed by atoms with van der Waals surface area (Å²) in [4.78, 5) is 0. The van der Waals surface area contributed by atoms with Gasteiger partial charge >= 0.3 is 6.18 Å². The van der Waals surface area contributed by atoms with Crippen LogP contribution in [0.15, 0.2) is 54.6 Å². The van der Waals surface area contributed by atoms with Crippen LogP contribution in [0.2, 0.25) is 0 Å². The van der Waals surface area contributed by atoms with Crippen LogP contribution in [0.3, 0.4) is 0 Å². The molecular weight excluding hydrogens is 263 g/mol. The predicted octanol–water partition coefficient (Wildman–Crippen LogP) is 4.56. The average Bonchev–Trinajstić information content (AvgIpc) is 2.44. The highest BCUT2D eigenvalue weighted by Crippen LogP contribution is 2.33. The monoisotopic (exact) mass is 275 g/mol. The van der Waals surface area contributed by atoms with Crippen LogP contribution < -0.4 is 5.73 Å². The fourth-order valence-corrected chi connectivity index (χ4v) is 2.41. The Morgan fingerprint density at radius 2 is 1.45 bits per heavy atom. The van der Waals surface area contributed by atoms with E-state index in [2.05, 4.69) is 0 Å². The molecule has 4 heteroatoms. The molecule has 0 heterocycles. The van der Waals surface area contributed by atoms with Gasteiger partial charge in [0, 0.05) is 0 Å². The zero-order chi connectivity index (χ0) is 14.3. The lowest BCUT2D eigenvalue weighted by Gasteiger charge is -2.16. The van der Waals surface area contributed by atoms with Gasteiger partial charge in [0.1, 0.15) is 6.04 Å². The quantitative estimate of drug-likeness (QED) is 0.647. The van der Waals surface area contributed by atoms with Gasteiger partial charge in [0.05, 0.1) is 0 Å². The van der Waals surface area contributed by atoms with Crippen LogP contribution in [0.4, 0.5) is 13.2 Å². The average molecular weight is 275 g/mol. The molecule has 102 valence electrons. The van der Waals surface area contributed by atoms with E-state index in [9.17, 15) is 13.2 Å². The Morgan fingerprint density at radius 3 is 2.20 bits per heavy atom. The maximum absolute atomic E-state index is 12.7. The van der Waals surface area contributed by atoms with E-state index in [4.69, 9.17) is 5.73 Å². The van der Waals surface area contributed by atoms with Crippen LogP contribution in [-0.2, 0) is 0 Å². The summed E-state index contributed by atoms with van der Waals surface area (Å²) >= 11 is 0. The van der Waals surface area contributed by atoms with Gasteiger partial charge in [-0.15, -0.1) is 0 Å². The van der Waals surface area contributed by atoms with Crippen molar-refractivity contribution >= 4 is 21.5 Å². The van der Waals surface area contributed by atoms with E-state index in [1.807, 2.05) is 36.4 Å². The largest absolute Gasteiger partial charge is 0.407 e. The molecular formula is C16H12F3N. The number of nitrogens with two attached hydrogens (primary N) is 1. The van der Waals surface area contributed by atoms with Gasteiger partial charge in [0.25, 0.3) is 0 Å². The van der Waals surface area contributed by atoms with E-state index in [0.717, 1.165) is 21.5 Å². The summed E-state index contributed by atoms with van der Waals surface area (Å²) in [7, 11) is 0. The van der Waals surface area contributed by atoms with Crippen LogP contribution in [0.25, 0.3) is 21.5 Å². The van der Waals surface area contributed by atoms with Gasteiger partial charge in [-0.1, -0.05) is 48.5 Å². The van der Waals surface area contributed by atoms with E-state index in [1.165, 1.54) is 12.1 Å². The molecule has 3 rings (SSSR count). The number of halogens is 3. The van der Waals surface area contributed by atoms with Gasteiger partial charge in [-0.25, -0.2) is 0 Å². The molecule has 0 saturated heterocycles. The normalized spacial score (nSPS) is 13.8. The molecule has 0 spiro atoms. The summed E-state index contributed by atoms with van der Waals surface area (Å²) in [6.45, 7) is 0. The first-order valence-electron chi connectivity index (χ1n) is 6.20. The highest BCUT2D eigenvalue weighted by Gasteiger charge is 2.37. The lowest BCUT2D eigenvalue weighted by atomic mass is 9.98. The Bertz CT molecular complexity index is 777. The second kappa shape index (κ2) is 4.49. The fraction of sp³-hybridized carbons (Fsp3) is 0.125. The highest BCUT2D eigenvalue weighted by molar-refractivity contribution is 6.07. The zero-order valence-corrected chi connectivity index (χ0v) is 10.5. The van der Waals surface area contributed by atoms with Crippen LogP contribution in [-0.4, -0.2) is 6.18 Å². The topological polar surface area (TPSA) is 26.0 Å². The lowest BCUT2D eigenvalue weighted by Crippen LogP contribution is -2.28. The maximum Gasteiger partial charge on any atom is 0.407 e. The van der Waals surface area contributed by atoms with Gasteiger partial charge in [0.15, 0.2) is 0 Å². The molecule has 3 aromatic carbocycles. The third-order valence-corrected chi connectivity index (χ3v) is 3.48. The summed E-state index contributed by atoms with van der Waals surface area (Å²) in [6.07, 6.45) is -4.43. The van der Waals surface area contributed by atoms with Crippen molar-refractivity contribution < 1.29 is 13.2 Å². The Morgan fingerprint density at radius 1 is 0.800 bits per heavy atom. The number of alkyl halides is 3. The van der Waals surface area contributed by atoms with Gasteiger partial charge in [0.2, 0.25) is 0 Å². The third-order valence-electron chi connectivity index (χ3n) is 3.48. The molecule has 0 saturated carbocycles. The summed E-state index contributed by atoms with van der Waals surface area (Å²) < 4.78 is 38.0. The Labute approximate surface area is 113 Å². The lowest BCUT2D eigenvalue weighted by molar-refractivity contribution is -0.149. The van der Waals surface area contributed by atoms with Crippen molar-refractivity contribution in [2.24, 2.45) is 5.73 Å². The van der Waals surface area contributed by atoms with Gasteiger partial charge in [-0.2, -0.15) is 13.2 Å². The standard InChI is InChI=1S/C16H12F3N/c17-16(18,19)15(20)12-7-8-14-11(9-12)6-5-10-3-1-2-4-13(10)14/h1-9,15H,20H2/t15-/m0/s1. The van der Waals surface area contributed by atoms with Crippen molar-refractivity contribution in [3.8, 4) is 0 Å². The number of hydrogen-bond acceptors (Lipinski definition) is 1.